The Bertz CT molecular complexity index is 855. The van der Waals surface area contributed by atoms with Crippen LogP contribution in [0.3, 0.4) is 0 Å². The molecule has 1 aliphatic heterocycles. The van der Waals surface area contributed by atoms with Crippen molar-refractivity contribution in [2.24, 2.45) is 11.8 Å². The third-order valence-electron chi connectivity index (χ3n) is 7.36. The molecule has 0 amide bonds. The second-order valence-corrected chi connectivity index (χ2v) is 10.5. The van der Waals surface area contributed by atoms with Gasteiger partial charge < -0.3 is 15.3 Å². The van der Waals surface area contributed by atoms with Crippen LogP contribution in [0.4, 0.5) is 0 Å². The van der Waals surface area contributed by atoms with Gasteiger partial charge in [0.2, 0.25) is 0 Å². The summed E-state index contributed by atoms with van der Waals surface area (Å²) in [5, 5.41) is 31.7. The van der Waals surface area contributed by atoms with Crippen LogP contribution in [0, 0.1) is 11.8 Å². The summed E-state index contributed by atoms with van der Waals surface area (Å²) in [6.07, 6.45) is 0.976. The molecule has 4 nitrogen and oxygen atoms in total. The Labute approximate surface area is 180 Å². The molecule has 2 aromatic carbocycles. The van der Waals surface area contributed by atoms with Crippen molar-refractivity contribution in [2.75, 3.05) is 13.1 Å². The third kappa shape index (κ3) is 4.01. The highest BCUT2D eigenvalue weighted by atomic mass is 16.3. The van der Waals surface area contributed by atoms with Gasteiger partial charge in [0.25, 0.3) is 0 Å². The molecule has 4 heteroatoms. The predicted octanol–water partition coefficient (Wildman–Crippen LogP) is 4.34. The van der Waals surface area contributed by atoms with Crippen molar-refractivity contribution in [3.63, 3.8) is 0 Å². The smallest absolute Gasteiger partial charge is 0.115 e. The molecule has 2 aromatic rings. The van der Waals surface area contributed by atoms with Gasteiger partial charge in [0, 0.05) is 19.1 Å². The van der Waals surface area contributed by atoms with Crippen LogP contribution < -0.4 is 0 Å². The minimum Gasteiger partial charge on any atom is -0.508 e. The first-order valence-electron chi connectivity index (χ1n) is 11.1. The predicted molar refractivity (Wildman–Crippen MR) is 119 cm³/mol. The van der Waals surface area contributed by atoms with Crippen molar-refractivity contribution in [3.05, 3.63) is 65.2 Å². The van der Waals surface area contributed by atoms with Crippen molar-refractivity contribution in [1.29, 1.82) is 0 Å². The number of phenols is 1. The molecule has 4 rings (SSSR count). The van der Waals surface area contributed by atoms with E-state index < -0.39 is 11.7 Å². The summed E-state index contributed by atoms with van der Waals surface area (Å²) in [6.45, 7) is 10.5. The van der Waals surface area contributed by atoms with E-state index in [0.29, 0.717) is 11.8 Å². The van der Waals surface area contributed by atoms with Crippen molar-refractivity contribution >= 4 is 0 Å². The lowest BCUT2D eigenvalue weighted by Crippen LogP contribution is -2.37. The molecule has 1 aliphatic carbocycles. The number of fused-ring (bicyclic) bond motifs is 1. The number of aromatic hydroxyl groups is 1. The number of aliphatic hydroxyl groups is 2. The molecule has 1 heterocycles. The van der Waals surface area contributed by atoms with Gasteiger partial charge in [-0.3, -0.25) is 4.90 Å². The van der Waals surface area contributed by atoms with E-state index in [4.69, 9.17) is 0 Å². The minimum absolute atomic E-state index is 0.000644. The van der Waals surface area contributed by atoms with Gasteiger partial charge in [-0.25, -0.2) is 0 Å². The molecule has 0 spiro atoms. The fourth-order valence-corrected chi connectivity index (χ4v) is 5.39. The minimum atomic E-state index is -0.739. The van der Waals surface area contributed by atoms with Crippen molar-refractivity contribution in [3.8, 4) is 5.75 Å². The van der Waals surface area contributed by atoms with Crippen LogP contribution in [-0.2, 0) is 11.0 Å². The van der Waals surface area contributed by atoms with E-state index in [2.05, 4.69) is 56.9 Å². The summed E-state index contributed by atoms with van der Waals surface area (Å²) in [6, 6.07) is 15.3. The van der Waals surface area contributed by atoms with Crippen LogP contribution >= 0.6 is 0 Å². The number of rotatable bonds is 4. The lowest BCUT2D eigenvalue weighted by Gasteiger charge is -2.32. The van der Waals surface area contributed by atoms with E-state index in [1.165, 1.54) is 5.56 Å². The van der Waals surface area contributed by atoms with Crippen LogP contribution in [0.2, 0.25) is 0 Å². The van der Waals surface area contributed by atoms with Gasteiger partial charge in [0.1, 0.15) is 5.75 Å². The molecule has 0 radical (unpaired) electrons. The van der Waals surface area contributed by atoms with Crippen LogP contribution in [0.5, 0.6) is 5.75 Å². The molecule has 4 unspecified atom stereocenters. The standard InChI is InChI=1S/C26H35NO3/c1-17(24(29)18-5-11-23(28)12-6-18)27-15-19-13-26(30,14-20(19)16-27)22-9-7-21(8-10-22)25(2,3)4/h5-12,17,19-20,24,28-30H,13-16H2,1-4H3. The summed E-state index contributed by atoms with van der Waals surface area (Å²) >= 11 is 0. The number of nitrogens with zero attached hydrogens (tertiary/aromatic N) is 1. The van der Waals surface area contributed by atoms with E-state index in [-0.39, 0.29) is 17.2 Å². The topological polar surface area (TPSA) is 63.9 Å². The molecule has 3 N–H and O–H groups in total. The highest BCUT2D eigenvalue weighted by Crippen LogP contribution is 2.50. The first kappa shape index (κ1) is 21.4. The second kappa shape index (κ2) is 7.67. The highest BCUT2D eigenvalue weighted by molar-refractivity contribution is 5.32. The van der Waals surface area contributed by atoms with Crippen molar-refractivity contribution in [1.82, 2.24) is 4.90 Å². The summed E-state index contributed by atoms with van der Waals surface area (Å²) in [5.41, 5.74) is 2.52. The van der Waals surface area contributed by atoms with Crippen LogP contribution in [0.1, 0.15) is 63.3 Å². The van der Waals surface area contributed by atoms with E-state index in [9.17, 15) is 15.3 Å². The fraction of sp³-hybridized carbons (Fsp3) is 0.538. The Morgan fingerprint density at radius 1 is 0.933 bits per heavy atom. The Hall–Kier alpha value is -1.88. The van der Waals surface area contributed by atoms with Gasteiger partial charge in [0.15, 0.2) is 0 Å². The third-order valence-corrected chi connectivity index (χ3v) is 7.36. The second-order valence-electron chi connectivity index (χ2n) is 10.5. The number of hydrogen-bond acceptors (Lipinski definition) is 4. The van der Waals surface area contributed by atoms with Crippen LogP contribution in [0.15, 0.2) is 48.5 Å². The molecule has 2 aliphatic rings. The quantitative estimate of drug-likeness (QED) is 0.703. The number of likely N-dealkylation sites (tertiary alicyclic amines) is 1. The summed E-state index contributed by atoms with van der Waals surface area (Å²) in [5.74, 6) is 1.11. The van der Waals surface area contributed by atoms with Gasteiger partial charge >= 0.3 is 0 Å². The van der Waals surface area contributed by atoms with Crippen molar-refractivity contribution < 1.29 is 15.3 Å². The SMILES string of the molecule is CC(C(O)c1ccc(O)cc1)N1CC2CC(O)(c3ccc(C(C)(C)C)cc3)CC2C1. The lowest BCUT2D eigenvalue weighted by atomic mass is 9.84. The first-order chi connectivity index (χ1) is 14.1. The van der Waals surface area contributed by atoms with Crippen LogP contribution in [-0.4, -0.2) is 39.4 Å². The molecule has 30 heavy (non-hydrogen) atoms. The molecule has 162 valence electrons. The molecule has 1 saturated carbocycles. The Morgan fingerprint density at radius 2 is 1.47 bits per heavy atom. The molecule has 1 saturated heterocycles. The van der Waals surface area contributed by atoms with E-state index in [0.717, 1.165) is 37.1 Å². The normalized spacial score (nSPS) is 29.0. The molecule has 0 aromatic heterocycles. The highest BCUT2D eigenvalue weighted by Gasteiger charge is 2.50. The summed E-state index contributed by atoms with van der Waals surface area (Å²) in [7, 11) is 0. The molecular weight excluding hydrogens is 374 g/mol. The van der Waals surface area contributed by atoms with E-state index in [1.54, 1.807) is 24.3 Å². The molecular formula is C26H35NO3. The summed E-state index contributed by atoms with van der Waals surface area (Å²) in [4.78, 5) is 2.36. The van der Waals surface area contributed by atoms with Gasteiger partial charge in [0.05, 0.1) is 11.7 Å². The maximum absolute atomic E-state index is 11.4. The maximum Gasteiger partial charge on any atom is 0.115 e. The van der Waals surface area contributed by atoms with Gasteiger partial charge in [-0.2, -0.15) is 0 Å². The molecule has 4 atom stereocenters. The van der Waals surface area contributed by atoms with E-state index >= 15 is 0 Å². The average molecular weight is 410 g/mol. The van der Waals surface area contributed by atoms with Gasteiger partial charge in [-0.1, -0.05) is 57.2 Å². The van der Waals surface area contributed by atoms with E-state index in [1.807, 2.05) is 0 Å². The number of aliphatic hydroxyl groups excluding tert-OH is 1. The lowest BCUT2D eigenvalue weighted by molar-refractivity contribution is 0.0211. The molecule has 0 bridgehead atoms. The first-order valence-corrected chi connectivity index (χ1v) is 11.1. The zero-order chi connectivity index (χ0) is 21.7. The Kier molecular flexibility index (Phi) is 5.46. The van der Waals surface area contributed by atoms with Gasteiger partial charge in [-0.15, -0.1) is 0 Å². The van der Waals surface area contributed by atoms with Gasteiger partial charge in [-0.05, 0) is 65.8 Å². The number of phenolic OH excluding ortho intramolecular Hbond substituents is 1. The average Bonchev–Trinajstić information content (AvgIpc) is 3.22. The fourth-order valence-electron chi connectivity index (χ4n) is 5.39. The Morgan fingerprint density at radius 3 is 1.97 bits per heavy atom. The number of hydrogen-bond donors (Lipinski definition) is 3. The maximum atomic E-state index is 11.4. The van der Waals surface area contributed by atoms with Crippen molar-refractivity contribution in [2.45, 2.75) is 63.7 Å². The largest absolute Gasteiger partial charge is 0.508 e. The summed E-state index contributed by atoms with van der Waals surface area (Å²) < 4.78 is 0. The van der Waals surface area contributed by atoms with Crippen LogP contribution in [0.25, 0.3) is 0 Å². The zero-order valence-corrected chi connectivity index (χ0v) is 18.5. The number of benzene rings is 2. The zero-order valence-electron chi connectivity index (χ0n) is 18.5. The molecule has 2 fully saturated rings. The monoisotopic (exact) mass is 409 g/mol. The Balaban J connectivity index is 1.41.